The molecule has 1 aromatic heterocycles. The number of amides is 1. The molecule has 1 heterocycles. The molecule has 2 rings (SSSR count). The van der Waals surface area contributed by atoms with E-state index in [1.54, 1.807) is 0 Å². The first kappa shape index (κ1) is 22.2. The first-order chi connectivity index (χ1) is 13.7. The fourth-order valence-electron chi connectivity index (χ4n) is 3.01. The number of H-pyrrole nitrogens is 1. The number of nitrogens with one attached hydrogen (secondary N) is 1. The van der Waals surface area contributed by atoms with Gasteiger partial charge in [-0.05, 0) is 30.5 Å². The summed E-state index contributed by atoms with van der Waals surface area (Å²) in [5.74, 6) is -1.23. The summed E-state index contributed by atoms with van der Waals surface area (Å²) in [5.41, 5.74) is 4.58. The number of ether oxygens (including phenoxy) is 1. The van der Waals surface area contributed by atoms with Gasteiger partial charge >= 0.3 is 5.69 Å². The minimum atomic E-state index is -0.774. The molecule has 0 fully saturated rings. The Kier molecular flexibility index (Phi) is 7.19. The molecule has 0 saturated carbocycles. The first-order valence-electron chi connectivity index (χ1n) is 9.49. The van der Waals surface area contributed by atoms with Crippen LogP contribution in [0.3, 0.4) is 0 Å². The van der Waals surface area contributed by atoms with Crippen LogP contribution in [0.5, 0.6) is 5.75 Å². The van der Waals surface area contributed by atoms with Crippen molar-refractivity contribution in [2.75, 3.05) is 24.3 Å². The SMILES string of the molecule is CCCCn1c(N)c(N(CC(C)C)C(=O)c2cc(F)ccc2OC)c(=O)[nH]c1=O. The molecule has 0 saturated heterocycles. The number of anilines is 2. The van der Waals surface area contributed by atoms with Gasteiger partial charge in [-0.2, -0.15) is 0 Å². The molecule has 29 heavy (non-hydrogen) atoms. The lowest BCUT2D eigenvalue weighted by Gasteiger charge is -2.26. The molecule has 0 atom stereocenters. The molecular formula is C20H27FN4O4. The monoisotopic (exact) mass is 406 g/mol. The Labute approximate surface area is 168 Å². The Morgan fingerprint density at radius 1 is 1.34 bits per heavy atom. The van der Waals surface area contributed by atoms with Crippen molar-refractivity contribution in [2.45, 2.75) is 40.2 Å². The molecule has 0 aliphatic rings. The summed E-state index contributed by atoms with van der Waals surface area (Å²) in [6, 6.07) is 3.56. The summed E-state index contributed by atoms with van der Waals surface area (Å²) in [6.07, 6.45) is 1.49. The fourth-order valence-corrected chi connectivity index (χ4v) is 3.01. The average molecular weight is 406 g/mol. The number of nitrogen functional groups attached to an aromatic ring is 1. The zero-order valence-electron chi connectivity index (χ0n) is 17.1. The predicted octanol–water partition coefficient (Wildman–Crippen LogP) is 2.37. The highest BCUT2D eigenvalue weighted by Gasteiger charge is 2.28. The summed E-state index contributed by atoms with van der Waals surface area (Å²) < 4.78 is 20.2. The van der Waals surface area contributed by atoms with Gasteiger partial charge in [0, 0.05) is 13.1 Å². The van der Waals surface area contributed by atoms with Gasteiger partial charge in [0.05, 0.1) is 12.7 Å². The van der Waals surface area contributed by atoms with Crippen molar-refractivity contribution in [1.82, 2.24) is 9.55 Å². The van der Waals surface area contributed by atoms with Gasteiger partial charge in [0.2, 0.25) is 0 Å². The van der Waals surface area contributed by atoms with Crippen LogP contribution in [0.2, 0.25) is 0 Å². The number of nitrogens with zero attached hydrogens (tertiary/aromatic N) is 2. The number of carbonyl (C=O) groups is 1. The molecule has 1 amide bonds. The van der Waals surface area contributed by atoms with E-state index in [-0.39, 0.29) is 35.3 Å². The van der Waals surface area contributed by atoms with Crippen LogP contribution in [0, 0.1) is 11.7 Å². The highest BCUT2D eigenvalue weighted by atomic mass is 19.1. The Morgan fingerprint density at radius 2 is 2.03 bits per heavy atom. The van der Waals surface area contributed by atoms with Gasteiger partial charge in [0.1, 0.15) is 17.4 Å². The van der Waals surface area contributed by atoms with E-state index in [2.05, 4.69) is 4.98 Å². The Balaban J connectivity index is 2.68. The molecule has 9 heteroatoms. The van der Waals surface area contributed by atoms with E-state index in [1.165, 1.54) is 28.7 Å². The largest absolute Gasteiger partial charge is 0.496 e. The third-order valence-electron chi connectivity index (χ3n) is 4.40. The number of halogens is 1. The lowest BCUT2D eigenvalue weighted by atomic mass is 10.1. The Hall–Kier alpha value is -3.10. The lowest BCUT2D eigenvalue weighted by molar-refractivity contribution is 0.0980. The number of aromatic amines is 1. The zero-order chi connectivity index (χ0) is 21.7. The molecule has 1 aromatic carbocycles. The molecule has 0 aliphatic heterocycles. The van der Waals surface area contributed by atoms with Crippen LogP contribution in [0.25, 0.3) is 0 Å². The van der Waals surface area contributed by atoms with Crippen molar-refractivity contribution < 1.29 is 13.9 Å². The predicted molar refractivity (Wildman–Crippen MR) is 110 cm³/mol. The van der Waals surface area contributed by atoms with E-state index in [4.69, 9.17) is 10.5 Å². The summed E-state index contributed by atoms with van der Waals surface area (Å²) in [6.45, 7) is 6.12. The smallest absolute Gasteiger partial charge is 0.330 e. The van der Waals surface area contributed by atoms with E-state index in [0.717, 1.165) is 12.5 Å². The third kappa shape index (κ3) is 4.85. The zero-order valence-corrected chi connectivity index (χ0v) is 17.1. The maximum atomic E-state index is 13.8. The number of hydrogen-bond donors (Lipinski definition) is 2. The molecule has 0 spiro atoms. The van der Waals surface area contributed by atoms with Crippen LogP contribution in [0.1, 0.15) is 44.0 Å². The van der Waals surface area contributed by atoms with E-state index in [9.17, 15) is 18.8 Å². The quantitative estimate of drug-likeness (QED) is 0.699. The van der Waals surface area contributed by atoms with E-state index in [0.29, 0.717) is 13.0 Å². The summed E-state index contributed by atoms with van der Waals surface area (Å²) in [5, 5.41) is 0. The average Bonchev–Trinajstić information content (AvgIpc) is 2.66. The molecule has 2 aromatic rings. The highest BCUT2D eigenvalue weighted by Crippen LogP contribution is 2.26. The minimum absolute atomic E-state index is 0.0340. The van der Waals surface area contributed by atoms with Crippen LogP contribution in [-0.4, -0.2) is 29.1 Å². The molecule has 0 aliphatic carbocycles. The first-order valence-corrected chi connectivity index (χ1v) is 9.49. The molecule has 3 N–H and O–H groups in total. The van der Waals surface area contributed by atoms with Gasteiger partial charge in [-0.15, -0.1) is 0 Å². The van der Waals surface area contributed by atoms with Crippen molar-refractivity contribution in [3.63, 3.8) is 0 Å². The van der Waals surface area contributed by atoms with Gasteiger partial charge in [-0.25, -0.2) is 9.18 Å². The van der Waals surface area contributed by atoms with Gasteiger partial charge in [0.15, 0.2) is 5.69 Å². The van der Waals surface area contributed by atoms with Crippen molar-refractivity contribution >= 4 is 17.4 Å². The maximum Gasteiger partial charge on any atom is 0.330 e. The molecule has 8 nitrogen and oxygen atoms in total. The Morgan fingerprint density at radius 3 is 2.62 bits per heavy atom. The van der Waals surface area contributed by atoms with Crippen LogP contribution >= 0.6 is 0 Å². The molecule has 158 valence electrons. The number of carbonyl (C=O) groups excluding carboxylic acids is 1. The number of aromatic nitrogens is 2. The molecule has 0 radical (unpaired) electrons. The van der Waals surface area contributed by atoms with Crippen LogP contribution in [0.4, 0.5) is 15.9 Å². The fraction of sp³-hybridized carbons (Fsp3) is 0.450. The number of hydrogen-bond acceptors (Lipinski definition) is 5. The van der Waals surface area contributed by atoms with Crippen LogP contribution in [-0.2, 0) is 6.54 Å². The molecule has 0 unspecified atom stereocenters. The summed E-state index contributed by atoms with van der Waals surface area (Å²) in [7, 11) is 1.36. The molecular weight excluding hydrogens is 379 g/mol. The lowest BCUT2D eigenvalue weighted by Crippen LogP contribution is -2.42. The van der Waals surface area contributed by atoms with Crippen molar-refractivity contribution in [3.8, 4) is 5.75 Å². The molecule has 0 bridgehead atoms. The summed E-state index contributed by atoms with van der Waals surface area (Å²) in [4.78, 5) is 41.5. The number of nitrogens with two attached hydrogens (primary N) is 1. The van der Waals surface area contributed by atoms with E-state index in [1.807, 2.05) is 20.8 Å². The number of benzene rings is 1. The second kappa shape index (κ2) is 9.40. The number of methoxy groups -OCH3 is 1. The van der Waals surface area contributed by atoms with Gasteiger partial charge in [-0.1, -0.05) is 27.2 Å². The number of unbranched alkanes of at least 4 members (excludes halogenated alkanes) is 1. The number of rotatable bonds is 8. The van der Waals surface area contributed by atoms with Crippen molar-refractivity contribution in [3.05, 3.63) is 50.4 Å². The second-order valence-electron chi connectivity index (χ2n) is 7.15. The van der Waals surface area contributed by atoms with Crippen molar-refractivity contribution in [1.29, 1.82) is 0 Å². The van der Waals surface area contributed by atoms with Crippen LogP contribution < -0.4 is 26.6 Å². The normalized spacial score (nSPS) is 11.0. The standard InChI is InChI=1S/C20H27FN4O4/c1-5-6-9-24-17(22)16(18(26)23-20(24)28)25(11-12(2)3)19(27)14-10-13(21)7-8-15(14)29-4/h7-8,10,12H,5-6,9,11,22H2,1-4H3,(H,23,26,28). The van der Waals surface area contributed by atoms with E-state index < -0.39 is 23.0 Å². The maximum absolute atomic E-state index is 13.8. The second-order valence-corrected chi connectivity index (χ2v) is 7.15. The van der Waals surface area contributed by atoms with Crippen LogP contribution in [0.15, 0.2) is 27.8 Å². The minimum Gasteiger partial charge on any atom is -0.496 e. The Bertz CT molecular complexity index is 997. The van der Waals surface area contributed by atoms with E-state index >= 15 is 0 Å². The van der Waals surface area contributed by atoms with Gasteiger partial charge in [0.25, 0.3) is 11.5 Å². The van der Waals surface area contributed by atoms with Gasteiger partial charge < -0.3 is 15.4 Å². The van der Waals surface area contributed by atoms with Crippen molar-refractivity contribution in [2.24, 2.45) is 5.92 Å². The summed E-state index contributed by atoms with van der Waals surface area (Å²) >= 11 is 0. The van der Waals surface area contributed by atoms with Gasteiger partial charge in [-0.3, -0.25) is 19.1 Å². The third-order valence-corrected chi connectivity index (χ3v) is 4.40. The topological polar surface area (TPSA) is 110 Å². The highest BCUT2D eigenvalue weighted by molar-refractivity contribution is 6.09.